The van der Waals surface area contributed by atoms with E-state index < -0.39 is 11.4 Å². The number of H-pyrrole nitrogens is 1. The normalized spacial score (nSPS) is 16.3. The van der Waals surface area contributed by atoms with Crippen LogP contribution in [0.5, 0.6) is 0 Å². The summed E-state index contributed by atoms with van der Waals surface area (Å²) in [6.07, 6.45) is 11.7. The van der Waals surface area contributed by atoms with E-state index in [0.29, 0.717) is 36.5 Å². The Balaban J connectivity index is 1.26. The predicted molar refractivity (Wildman–Crippen MR) is 161 cm³/mol. The van der Waals surface area contributed by atoms with Crippen LogP contribution in [0.25, 0.3) is 5.57 Å². The Morgan fingerprint density at radius 2 is 1.95 bits per heavy atom. The second-order valence-corrected chi connectivity index (χ2v) is 10.7. The maximum Gasteiger partial charge on any atom is 0.249 e. The lowest BCUT2D eigenvalue weighted by Crippen LogP contribution is -2.34. The zero-order valence-electron chi connectivity index (χ0n) is 23.0. The van der Waals surface area contributed by atoms with E-state index in [9.17, 15) is 4.79 Å². The first kappa shape index (κ1) is 28.2. The van der Waals surface area contributed by atoms with Crippen LogP contribution in [-0.4, -0.2) is 26.5 Å². The predicted octanol–water partition coefficient (Wildman–Crippen LogP) is 5.96. The molecule has 0 radical (unpaired) electrons. The van der Waals surface area contributed by atoms with E-state index >= 15 is 0 Å². The van der Waals surface area contributed by atoms with Crippen LogP contribution in [0.4, 0.5) is 0 Å². The van der Waals surface area contributed by atoms with Gasteiger partial charge >= 0.3 is 0 Å². The Labute approximate surface area is 245 Å². The molecule has 3 N–H and O–H groups in total. The van der Waals surface area contributed by atoms with Gasteiger partial charge in [-0.1, -0.05) is 54.0 Å². The molecule has 41 heavy (non-hydrogen) atoms. The Kier molecular flexibility index (Phi) is 8.83. The Morgan fingerprint density at radius 3 is 2.66 bits per heavy atom. The molecule has 8 heteroatoms. The van der Waals surface area contributed by atoms with Crippen molar-refractivity contribution in [2.45, 2.75) is 50.7 Å². The summed E-state index contributed by atoms with van der Waals surface area (Å²) in [6, 6.07) is 19.8. The van der Waals surface area contributed by atoms with Crippen molar-refractivity contribution < 1.29 is 9.21 Å². The lowest BCUT2D eigenvalue weighted by atomic mass is 9.96. The zero-order chi connectivity index (χ0) is 28.8. The average molecular weight is 566 g/mol. The second-order valence-electron chi connectivity index (χ2n) is 10.2. The molecular weight excluding hydrogens is 534 g/mol. The summed E-state index contributed by atoms with van der Waals surface area (Å²) in [5, 5.41) is 13.0. The fourth-order valence-corrected chi connectivity index (χ4v) is 4.97. The Bertz CT molecular complexity index is 1580. The quantitative estimate of drug-likeness (QED) is 0.163. The molecule has 1 aliphatic carbocycles. The third kappa shape index (κ3) is 7.04. The Morgan fingerprint density at radius 1 is 1.17 bits per heavy atom. The molecule has 1 amide bonds. The molecule has 0 aliphatic heterocycles. The number of halogens is 1. The summed E-state index contributed by atoms with van der Waals surface area (Å²) < 4.78 is 6.14. The smallest absolute Gasteiger partial charge is 0.249 e. The van der Waals surface area contributed by atoms with Crippen molar-refractivity contribution in [2.24, 2.45) is 0 Å². The molecule has 2 aromatic heterocycles. The number of carbonyl (C=O) groups is 1. The van der Waals surface area contributed by atoms with Crippen LogP contribution in [0.2, 0.25) is 0 Å². The number of hydrogen-bond donors (Lipinski definition) is 3. The number of nitrogens with one attached hydrogen (secondary N) is 3. The third-order valence-electron chi connectivity index (χ3n) is 7.19. The first-order valence-electron chi connectivity index (χ1n) is 13.6. The minimum absolute atomic E-state index is 0.179. The van der Waals surface area contributed by atoms with Crippen molar-refractivity contribution in [1.29, 1.82) is 0 Å². The van der Waals surface area contributed by atoms with Crippen molar-refractivity contribution in [2.75, 3.05) is 0 Å². The fourth-order valence-electron chi connectivity index (χ4n) is 4.72. The lowest BCUT2D eigenvalue weighted by Gasteiger charge is -2.22. The minimum atomic E-state index is -0.463. The standard InChI is InChI=1S/C33H32ClN5O2/c1-4-23-7-9-24(10-8-23)17-30(32-36-20-37-39-32)38-33(40)28-18-26(13-15-29(28)34)31-16-14-27(41-31)19-35-22(3)25-11-5-21(2)6-12-25/h1,5-14,16,18,20,22,29-30,35H,15,17,19H2,2-3H3,(H,38,40)(H,36,37,39). The van der Waals surface area contributed by atoms with Crippen molar-refractivity contribution in [3.63, 3.8) is 0 Å². The van der Waals surface area contributed by atoms with Gasteiger partial charge in [0.05, 0.1) is 18.0 Å². The molecule has 1 aliphatic rings. The highest BCUT2D eigenvalue weighted by atomic mass is 35.5. The minimum Gasteiger partial charge on any atom is -0.460 e. The highest BCUT2D eigenvalue weighted by molar-refractivity contribution is 6.26. The number of aromatic amines is 1. The summed E-state index contributed by atoms with van der Waals surface area (Å²) >= 11 is 6.62. The van der Waals surface area contributed by atoms with Gasteiger partial charge in [-0.2, -0.15) is 5.10 Å². The molecule has 0 saturated heterocycles. The third-order valence-corrected chi connectivity index (χ3v) is 7.60. The van der Waals surface area contributed by atoms with Gasteiger partial charge in [0.25, 0.3) is 0 Å². The maximum absolute atomic E-state index is 13.5. The number of rotatable bonds is 10. The first-order valence-corrected chi connectivity index (χ1v) is 14.0. The number of alkyl halides is 1. The van der Waals surface area contributed by atoms with E-state index in [2.05, 4.69) is 69.8 Å². The number of allylic oxidation sites excluding steroid dienone is 3. The van der Waals surface area contributed by atoms with E-state index in [1.165, 1.54) is 17.5 Å². The van der Waals surface area contributed by atoms with Gasteiger partial charge in [-0.15, -0.1) is 18.0 Å². The summed E-state index contributed by atoms with van der Waals surface area (Å²) in [7, 11) is 0. The van der Waals surface area contributed by atoms with Gasteiger partial charge in [0.15, 0.2) is 0 Å². The number of amides is 1. The highest BCUT2D eigenvalue weighted by Crippen LogP contribution is 2.30. The summed E-state index contributed by atoms with van der Waals surface area (Å²) in [5.74, 6) is 4.41. The van der Waals surface area contributed by atoms with E-state index in [1.807, 2.05) is 42.5 Å². The molecule has 5 rings (SSSR count). The molecule has 4 aromatic rings. The largest absolute Gasteiger partial charge is 0.460 e. The number of hydrogen-bond acceptors (Lipinski definition) is 5. The van der Waals surface area contributed by atoms with E-state index in [-0.39, 0.29) is 11.9 Å². The van der Waals surface area contributed by atoms with Gasteiger partial charge in [-0.25, -0.2) is 4.98 Å². The molecule has 0 fully saturated rings. The molecule has 2 heterocycles. The Hall–Kier alpha value is -4.38. The monoisotopic (exact) mass is 565 g/mol. The number of aromatic nitrogens is 3. The van der Waals surface area contributed by atoms with E-state index in [0.717, 1.165) is 22.5 Å². The van der Waals surface area contributed by atoms with Crippen LogP contribution in [0.1, 0.15) is 65.0 Å². The number of benzene rings is 2. The van der Waals surface area contributed by atoms with Crippen molar-refractivity contribution in [1.82, 2.24) is 25.8 Å². The van der Waals surface area contributed by atoms with Gasteiger partial charge in [0.1, 0.15) is 23.7 Å². The molecule has 7 nitrogen and oxygen atoms in total. The SMILES string of the molecule is C#Cc1ccc(CC(NC(=O)C2=CC(c3ccc(CNC(C)c4ccc(C)cc4)o3)=CCC2Cl)c2ncn[nH]2)cc1. The van der Waals surface area contributed by atoms with Crippen LogP contribution in [0, 0.1) is 19.3 Å². The van der Waals surface area contributed by atoms with E-state index in [4.69, 9.17) is 22.4 Å². The molecular formula is C33H32ClN5O2. The fraction of sp³-hybridized carbons (Fsp3) is 0.242. The number of terminal acetylenes is 1. The molecule has 2 aromatic carbocycles. The molecule has 0 spiro atoms. The molecule has 3 atom stereocenters. The average Bonchev–Trinajstić information content (AvgIpc) is 3.70. The number of carbonyl (C=O) groups excluding carboxylic acids is 1. The summed E-state index contributed by atoms with van der Waals surface area (Å²) in [6.45, 7) is 4.79. The number of nitrogens with zero attached hydrogens (tertiary/aromatic N) is 2. The van der Waals surface area contributed by atoms with Gasteiger partial charge in [0.2, 0.25) is 5.91 Å². The van der Waals surface area contributed by atoms with Gasteiger partial charge in [0, 0.05) is 22.8 Å². The van der Waals surface area contributed by atoms with Gasteiger partial charge < -0.3 is 15.1 Å². The van der Waals surface area contributed by atoms with Crippen LogP contribution >= 0.6 is 11.6 Å². The lowest BCUT2D eigenvalue weighted by molar-refractivity contribution is -0.118. The summed E-state index contributed by atoms with van der Waals surface area (Å²) in [4.78, 5) is 17.8. The number of aryl methyl sites for hydroxylation is 1. The van der Waals surface area contributed by atoms with Crippen LogP contribution < -0.4 is 10.6 Å². The van der Waals surface area contributed by atoms with E-state index in [1.54, 1.807) is 6.08 Å². The molecule has 0 saturated carbocycles. The topological polar surface area (TPSA) is 95.8 Å². The van der Waals surface area contributed by atoms with Crippen molar-refractivity contribution in [3.8, 4) is 12.3 Å². The molecule has 208 valence electrons. The van der Waals surface area contributed by atoms with Gasteiger partial charge in [-0.3, -0.25) is 9.89 Å². The maximum atomic E-state index is 13.5. The van der Waals surface area contributed by atoms with Crippen molar-refractivity contribution >= 4 is 23.1 Å². The zero-order valence-corrected chi connectivity index (χ0v) is 23.8. The van der Waals surface area contributed by atoms with Crippen molar-refractivity contribution in [3.05, 3.63) is 124 Å². The van der Waals surface area contributed by atoms with Gasteiger partial charge in [-0.05, 0) is 68.2 Å². The highest BCUT2D eigenvalue weighted by Gasteiger charge is 2.27. The number of furan rings is 1. The van der Waals surface area contributed by atoms with Crippen LogP contribution in [0.3, 0.4) is 0 Å². The summed E-state index contributed by atoms with van der Waals surface area (Å²) in [5.41, 5.74) is 5.55. The first-order chi connectivity index (χ1) is 19.9. The molecule has 3 unspecified atom stereocenters. The second kappa shape index (κ2) is 12.9. The van der Waals surface area contributed by atoms with Crippen LogP contribution in [0.15, 0.2) is 89.1 Å². The van der Waals surface area contributed by atoms with Crippen LogP contribution in [-0.2, 0) is 17.8 Å². The molecule has 0 bridgehead atoms.